The van der Waals surface area contributed by atoms with E-state index in [1.54, 1.807) is 0 Å². The fraction of sp³-hybridized carbons (Fsp3) is 0.889. The third kappa shape index (κ3) is 7.92. The molecular weight excluding hydrogens is 172 g/mol. The van der Waals surface area contributed by atoms with Crippen LogP contribution >= 0.6 is 12.6 Å². The number of thiol groups is 1. The molecule has 12 heavy (non-hydrogen) atoms. The van der Waals surface area contributed by atoms with E-state index in [4.69, 9.17) is 4.74 Å². The second-order valence-electron chi connectivity index (χ2n) is 2.75. The van der Waals surface area contributed by atoms with Crippen molar-refractivity contribution in [1.82, 2.24) is 0 Å². The molecule has 0 rings (SSSR count). The van der Waals surface area contributed by atoms with Gasteiger partial charge in [0.15, 0.2) is 0 Å². The maximum atomic E-state index is 10.9. The summed E-state index contributed by atoms with van der Waals surface area (Å²) in [5.74, 6) is 0.785. The summed E-state index contributed by atoms with van der Waals surface area (Å²) in [6.45, 7) is 2.66. The van der Waals surface area contributed by atoms with Crippen LogP contribution in [-0.4, -0.2) is 18.3 Å². The number of esters is 1. The van der Waals surface area contributed by atoms with Gasteiger partial charge < -0.3 is 4.74 Å². The van der Waals surface area contributed by atoms with Crippen LogP contribution in [0.15, 0.2) is 0 Å². The normalized spacial score (nSPS) is 9.83. The number of carbonyl (C=O) groups is 1. The molecule has 0 heterocycles. The minimum absolute atomic E-state index is 0.0646. The van der Waals surface area contributed by atoms with Crippen molar-refractivity contribution in [2.75, 3.05) is 12.4 Å². The zero-order chi connectivity index (χ0) is 9.23. The Morgan fingerprint density at radius 3 is 2.67 bits per heavy atom. The average Bonchev–Trinajstić information content (AvgIpc) is 2.06. The summed E-state index contributed by atoms with van der Waals surface area (Å²) in [4.78, 5) is 10.9. The van der Waals surface area contributed by atoms with Crippen LogP contribution in [0.2, 0.25) is 0 Å². The lowest BCUT2D eigenvalue weighted by Crippen LogP contribution is -2.05. The highest BCUT2D eigenvalue weighted by Crippen LogP contribution is 1.99. The van der Waals surface area contributed by atoms with Gasteiger partial charge in [-0.3, -0.25) is 4.79 Å². The minimum Gasteiger partial charge on any atom is -0.466 e. The van der Waals surface area contributed by atoms with Crippen molar-refractivity contribution in [3.63, 3.8) is 0 Å². The number of hydrogen-bond donors (Lipinski definition) is 1. The largest absolute Gasteiger partial charge is 0.466 e. The Morgan fingerprint density at radius 1 is 1.33 bits per heavy atom. The molecule has 3 heteroatoms. The third-order valence-corrected chi connectivity index (χ3v) is 1.87. The number of rotatable bonds is 7. The molecule has 72 valence electrons. The fourth-order valence-electron chi connectivity index (χ4n) is 0.784. The summed E-state index contributed by atoms with van der Waals surface area (Å²) in [5, 5.41) is 0. The summed E-state index contributed by atoms with van der Waals surface area (Å²) in [6, 6.07) is 0. The number of unbranched alkanes of at least 4 members (excludes halogenated alkanes) is 2. The van der Waals surface area contributed by atoms with Gasteiger partial charge in [0.2, 0.25) is 0 Å². The van der Waals surface area contributed by atoms with Gasteiger partial charge in [0.05, 0.1) is 6.61 Å². The molecule has 0 aliphatic heterocycles. The molecule has 0 bridgehead atoms. The second kappa shape index (κ2) is 8.91. The van der Waals surface area contributed by atoms with E-state index in [0.717, 1.165) is 31.4 Å². The summed E-state index contributed by atoms with van der Waals surface area (Å²) in [5.41, 5.74) is 0. The van der Waals surface area contributed by atoms with E-state index in [9.17, 15) is 4.79 Å². The molecule has 0 aromatic rings. The van der Waals surface area contributed by atoms with Gasteiger partial charge in [-0.25, -0.2) is 0 Å². The molecule has 0 radical (unpaired) electrons. The highest BCUT2D eigenvalue weighted by Gasteiger charge is 2.00. The molecule has 0 saturated carbocycles. The molecule has 0 amide bonds. The molecule has 0 fully saturated rings. The number of hydrogen-bond acceptors (Lipinski definition) is 3. The lowest BCUT2D eigenvalue weighted by Gasteiger charge is -2.02. The van der Waals surface area contributed by atoms with Gasteiger partial charge in [0.1, 0.15) is 0 Å². The smallest absolute Gasteiger partial charge is 0.305 e. The van der Waals surface area contributed by atoms with Crippen molar-refractivity contribution in [1.29, 1.82) is 0 Å². The lowest BCUT2D eigenvalue weighted by molar-refractivity contribution is -0.143. The van der Waals surface area contributed by atoms with E-state index in [2.05, 4.69) is 19.6 Å². The van der Waals surface area contributed by atoms with E-state index in [-0.39, 0.29) is 5.97 Å². The van der Waals surface area contributed by atoms with Crippen molar-refractivity contribution in [2.24, 2.45) is 0 Å². The zero-order valence-electron chi connectivity index (χ0n) is 7.71. The van der Waals surface area contributed by atoms with Crippen LogP contribution in [-0.2, 0) is 9.53 Å². The monoisotopic (exact) mass is 190 g/mol. The quantitative estimate of drug-likeness (QED) is 0.379. The topological polar surface area (TPSA) is 26.3 Å². The predicted molar refractivity (Wildman–Crippen MR) is 53.6 cm³/mol. The first kappa shape index (κ1) is 11.8. The Kier molecular flexibility index (Phi) is 8.78. The van der Waals surface area contributed by atoms with Crippen LogP contribution in [0.4, 0.5) is 0 Å². The minimum atomic E-state index is -0.0646. The summed E-state index contributed by atoms with van der Waals surface area (Å²) < 4.78 is 4.97. The van der Waals surface area contributed by atoms with Crippen molar-refractivity contribution in [2.45, 2.75) is 39.0 Å². The van der Waals surface area contributed by atoms with Gasteiger partial charge in [-0.05, 0) is 25.0 Å². The van der Waals surface area contributed by atoms with Gasteiger partial charge >= 0.3 is 5.97 Å². The van der Waals surface area contributed by atoms with Crippen molar-refractivity contribution in [3.05, 3.63) is 0 Å². The van der Waals surface area contributed by atoms with Crippen LogP contribution in [0.3, 0.4) is 0 Å². The fourth-order valence-corrected chi connectivity index (χ4v) is 1.01. The number of carbonyl (C=O) groups excluding carboxylic acids is 1. The maximum absolute atomic E-state index is 10.9. The van der Waals surface area contributed by atoms with Crippen LogP contribution in [0, 0.1) is 0 Å². The van der Waals surface area contributed by atoms with E-state index >= 15 is 0 Å². The highest BCUT2D eigenvalue weighted by atomic mass is 32.1. The summed E-state index contributed by atoms with van der Waals surface area (Å²) >= 11 is 4.06. The van der Waals surface area contributed by atoms with Crippen molar-refractivity contribution in [3.8, 4) is 0 Å². The van der Waals surface area contributed by atoms with Crippen molar-refractivity contribution >= 4 is 18.6 Å². The Balaban J connectivity index is 3.10. The number of ether oxygens (including phenoxy) is 1. The molecule has 0 aliphatic carbocycles. The Morgan fingerprint density at radius 2 is 2.08 bits per heavy atom. The molecule has 0 aromatic carbocycles. The first-order valence-electron chi connectivity index (χ1n) is 4.57. The molecule has 0 saturated heterocycles. The molecule has 0 N–H and O–H groups in total. The van der Waals surface area contributed by atoms with Gasteiger partial charge in [-0.15, -0.1) is 0 Å². The van der Waals surface area contributed by atoms with Crippen LogP contribution < -0.4 is 0 Å². The maximum Gasteiger partial charge on any atom is 0.305 e. The zero-order valence-corrected chi connectivity index (χ0v) is 8.61. The highest BCUT2D eigenvalue weighted by molar-refractivity contribution is 7.80. The molecule has 0 aliphatic rings. The van der Waals surface area contributed by atoms with E-state index < -0.39 is 0 Å². The SMILES string of the molecule is CCCCOC(=O)CCCCS. The molecular formula is C9H18O2S. The van der Waals surface area contributed by atoms with Gasteiger partial charge in [-0.1, -0.05) is 13.3 Å². The predicted octanol–water partition coefficient (Wildman–Crippen LogP) is 2.43. The van der Waals surface area contributed by atoms with Crippen LogP contribution in [0.25, 0.3) is 0 Å². The molecule has 0 aromatic heterocycles. The molecule has 0 spiro atoms. The molecule has 0 atom stereocenters. The van der Waals surface area contributed by atoms with E-state index in [0.29, 0.717) is 13.0 Å². The first-order valence-corrected chi connectivity index (χ1v) is 5.21. The lowest BCUT2D eigenvalue weighted by atomic mass is 10.2. The van der Waals surface area contributed by atoms with Gasteiger partial charge in [0.25, 0.3) is 0 Å². The Labute approximate surface area is 80.1 Å². The summed E-state index contributed by atoms with van der Waals surface area (Å²) in [7, 11) is 0. The Hall–Kier alpha value is -0.180. The Bertz CT molecular complexity index is 103. The van der Waals surface area contributed by atoms with E-state index in [1.807, 2.05) is 0 Å². The molecule has 2 nitrogen and oxygen atoms in total. The van der Waals surface area contributed by atoms with Crippen LogP contribution in [0.1, 0.15) is 39.0 Å². The van der Waals surface area contributed by atoms with Gasteiger partial charge in [0, 0.05) is 6.42 Å². The van der Waals surface area contributed by atoms with E-state index in [1.165, 1.54) is 0 Å². The summed E-state index contributed by atoms with van der Waals surface area (Å²) in [6.07, 6.45) is 4.48. The van der Waals surface area contributed by atoms with Gasteiger partial charge in [-0.2, -0.15) is 12.6 Å². The second-order valence-corrected chi connectivity index (χ2v) is 3.20. The van der Waals surface area contributed by atoms with Crippen LogP contribution in [0.5, 0.6) is 0 Å². The average molecular weight is 190 g/mol. The third-order valence-electron chi connectivity index (χ3n) is 1.55. The molecule has 0 unspecified atom stereocenters. The first-order chi connectivity index (χ1) is 5.81. The standard InChI is InChI=1S/C9H18O2S/c1-2-3-7-11-9(10)6-4-5-8-12/h12H,2-8H2,1H3. The van der Waals surface area contributed by atoms with Crippen molar-refractivity contribution < 1.29 is 9.53 Å².